The topological polar surface area (TPSA) is 48.5 Å². The van der Waals surface area contributed by atoms with Crippen LogP contribution in [0.3, 0.4) is 0 Å². The molecule has 5 aromatic carbocycles. The van der Waals surface area contributed by atoms with E-state index in [1.165, 1.54) is 5.39 Å². The van der Waals surface area contributed by atoms with Gasteiger partial charge in [0.05, 0.1) is 22.1 Å². The predicted molar refractivity (Wildman–Crippen MR) is 183 cm³/mol. The van der Waals surface area contributed by atoms with Crippen LogP contribution in [0.2, 0.25) is 0 Å². The molecule has 3 heterocycles. The molecular formula is C39H27N5. The number of aromatic nitrogens is 5. The van der Waals surface area contributed by atoms with E-state index < -0.39 is 0 Å². The van der Waals surface area contributed by atoms with E-state index in [4.69, 9.17) is 15.0 Å². The Labute approximate surface area is 254 Å². The number of allylic oxidation sites excluding steroid dienone is 4. The van der Waals surface area contributed by atoms with Crippen LogP contribution in [0.5, 0.6) is 0 Å². The molecule has 8 rings (SSSR count). The molecule has 5 heteroatoms. The highest BCUT2D eigenvalue weighted by Gasteiger charge is 2.22. The second-order valence-corrected chi connectivity index (χ2v) is 10.6. The Hall–Kier alpha value is -6.07. The average molecular weight is 566 g/mol. The lowest BCUT2D eigenvalue weighted by Gasteiger charge is -2.12. The first kappa shape index (κ1) is 25.6. The first-order valence-electron chi connectivity index (χ1n) is 14.6. The molecular weight excluding hydrogens is 538 g/mol. The van der Waals surface area contributed by atoms with E-state index in [1.807, 2.05) is 78.9 Å². The summed E-state index contributed by atoms with van der Waals surface area (Å²) < 4.78 is 4.48. The number of hydrogen-bond acceptors (Lipinski definition) is 3. The average Bonchev–Trinajstić information content (AvgIpc) is 3.60. The van der Waals surface area contributed by atoms with Crippen molar-refractivity contribution in [2.45, 2.75) is 0 Å². The fraction of sp³-hybridized carbons (Fsp3) is 0. The summed E-state index contributed by atoms with van der Waals surface area (Å²) in [4.78, 5) is 15.2. The maximum atomic E-state index is 5.14. The van der Waals surface area contributed by atoms with Gasteiger partial charge in [-0.25, -0.2) is 4.98 Å². The minimum Gasteiger partial charge on any atom is -0.314 e. The Kier molecular flexibility index (Phi) is 6.20. The molecule has 208 valence electrons. The molecule has 0 atom stereocenters. The van der Waals surface area contributed by atoms with E-state index in [1.54, 1.807) is 6.08 Å². The van der Waals surface area contributed by atoms with E-state index in [9.17, 15) is 0 Å². The van der Waals surface area contributed by atoms with Crippen LogP contribution in [0.15, 0.2) is 152 Å². The first-order valence-corrected chi connectivity index (χ1v) is 14.6. The zero-order valence-corrected chi connectivity index (χ0v) is 23.9. The minimum atomic E-state index is 0.573. The summed E-state index contributed by atoms with van der Waals surface area (Å²) in [5, 5.41) is 4.62. The van der Waals surface area contributed by atoms with Crippen LogP contribution in [0.1, 0.15) is 0 Å². The highest BCUT2D eigenvalue weighted by molar-refractivity contribution is 6.23. The van der Waals surface area contributed by atoms with Crippen molar-refractivity contribution in [1.82, 2.24) is 24.1 Å². The molecule has 0 spiro atoms. The van der Waals surface area contributed by atoms with E-state index in [-0.39, 0.29) is 0 Å². The van der Waals surface area contributed by atoms with Gasteiger partial charge in [-0.15, -0.1) is 0 Å². The molecule has 0 saturated heterocycles. The molecule has 0 amide bonds. The smallest absolute Gasteiger partial charge is 0.238 e. The number of hydrogen-bond donors (Lipinski definition) is 0. The standard InChI is InChI=1S/C39H27N5/c1-2-3-4-15-26-43-33-22-13-11-20-29(33)31-24-25-32-30-21-12-14-23-34(30)44(36(32)35(31)43)39-41-37(27-16-7-5-8-17-27)40-38(42-39)28-18-9-6-10-19-28/h2-26H,1H2/b4-3-,26-15+. The molecule has 0 unspecified atom stereocenters. The third-order valence-electron chi connectivity index (χ3n) is 7.99. The van der Waals surface area contributed by atoms with Crippen LogP contribution < -0.4 is 0 Å². The molecule has 0 bridgehead atoms. The van der Waals surface area contributed by atoms with Gasteiger partial charge in [-0.3, -0.25) is 4.57 Å². The summed E-state index contributed by atoms with van der Waals surface area (Å²) in [7, 11) is 0. The lowest BCUT2D eigenvalue weighted by molar-refractivity contribution is 0.954. The van der Waals surface area contributed by atoms with Gasteiger partial charge in [-0.2, -0.15) is 9.97 Å². The fourth-order valence-electron chi connectivity index (χ4n) is 6.07. The van der Waals surface area contributed by atoms with Gasteiger partial charge in [-0.1, -0.05) is 134 Å². The Morgan fingerprint density at radius 2 is 1.02 bits per heavy atom. The SMILES string of the molecule is C=C/C=C\C=C\n1c2ccccc2c2ccc3c4ccccc4n(-c4nc(-c5ccccc5)nc(-c5ccccc5)n4)c3c21. The minimum absolute atomic E-state index is 0.573. The largest absolute Gasteiger partial charge is 0.314 e. The van der Waals surface area contributed by atoms with Crippen LogP contribution in [0.4, 0.5) is 0 Å². The van der Waals surface area contributed by atoms with Crippen molar-refractivity contribution in [2.75, 3.05) is 0 Å². The molecule has 0 fully saturated rings. The number of benzene rings is 5. The van der Waals surface area contributed by atoms with Gasteiger partial charge in [0.1, 0.15) is 0 Å². The molecule has 3 aromatic heterocycles. The quantitative estimate of drug-likeness (QED) is 0.189. The molecule has 0 radical (unpaired) electrons. The fourth-order valence-corrected chi connectivity index (χ4v) is 6.07. The van der Waals surface area contributed by atoms with E-state index >= 15 is 0 Å². The Morgan fingerprint density at radius 1 is 0.477 bits per heavy atom. The maximum Gasteiger partial charge on any atom is 0.238 e. The summed E-state index contributed by atoms with van der Waals surface area (Å²) in [5.41, 5.74) is 6.16. The molecule has 0 aliphatic rings. The van der Waals surface area contributed by atoms with Gasteiger partial charge < -0.3 is 4.57 Å². The van der Waals surface area contributed by atoms with Gasteiger partial charge in [0.25, 0.3) is 0 Å². The molecule has 0 saturated carbocycles. The highest BCUT2D eigenvalue weighted by atomic mass is 15.2. The number of fused-ring (bicyclic) bond motifs is 7. The zero-order valence-electron chi connectivity index (χ0n) is 23.9. The van der Waals surface area contributed by atoms with Gasteiger partial charge in [-0.05, 0) is 18.2 Å². The summed E-state index contributed by atoms with van der Waals surface area (Å²) in [6, 6.07) is 41.7. The predicted octanol–water partition coefficient (Wildman–Crippen LogP) is 9.62. The lowest BCUT2D eigenvalue weighted by Crippen LogP contribution is -2.07. The highest BCUT2D eigenvalue weighted by Crippen LogP contribution is 2.40. The van der Waals surface area contributed by atoms with Crippen LogP contribution in [-0.4, -0.2) is 24.1 Å². The second kappa shape index (κ2) is 10.6. The number of nitrogens with zero attached hydrogens (tertiary/aromatic N) is 5. The molecule has 44 heavy (non-hydrogen) atoms. The summed E-state index contributed by atoms with van der Waals surface area (Å²) >= 11 is 0. The first-order chi connectivity index (χ1) is 21.8. The van der Waals surface area contributed by atoms with Gasteiger partial charge >= 0.3 is 0 Å². The van der Waals surface area contributed by atoms with E-state index in [2.05, 4.69) is 82.6 Å². The molecule has 0 aliphatic heterocycles. The van der Waals surface area contributed by atoms with Crippen LogP contribution in [-0.2, 0) is 0 Å². The van der Waals surface area contributed by atoms with Crippen molar-refractivity contribution in [3.63, 3.8) is 0 Å². The Bertz CT molecular complexity index is 2340. The number of rotatable bonds is 6. The molecule has 0 aliphatic carbocycles. The number of para-hydroxylation sites is 2. The molecule has 0 N–H and O–H groups in total. The van der Waals surface area contributed by atoms with Crippen LogP contribution in [0.25, 0.3) is 78.5 Å². The zero-order chi connectivity index (χ0) is 29.5. The second-order valence-electron chi connectivity index (χ2n) is 10.6. The van der Waals surface area contributed by atoms with Crippen LogP contribution >= 0.6 is 0 Å². The van der Waals surface area contributed by atoms with Gasteiger partial charge in [0.15, 0.2) is 11.6 Å². The monoisotopic (exact) mass is 565 g/mol. The van der Waals surface area contributed by atoms with Crippen molar-refractivity contribution < 1.29 is 0 Å². The third kappa shape index (κ3) is 4.14. The lowest BCUT2D eigenvalue weighted by atomic mass is 10.1. The van der Waals surface area contributed by atoms with Crippen molar-refractivity contribution >= 4 is 49.8 Å². The van der Waals surface area contributed by atoms with Crippen LogP contribution in [0, 0.1) is 0 Å². The normalized spacial score (nSPS) is 12.0. The van der Waals surface area contributed by atoms with E-state index in [0.717, 1.165) is 49.4 Å². The third-order valence-corrected chi connectivity index (χ3v) is 7.99. The van der Waals surface area contributed by atoms with Gasteiger partial charge in [0, 0.05) is 38.9 Å². The van der Waals surface area contributed by atoms with Crippen molar-refractivity contribution in [1.29, 1.82) is 0 Å². The summed E-state index contributed by atoms with van der Waals surface area (Å²) in [6.45, 7) is 3.81. The van der Waals surface area contributed by atoms with Gasteiger partial charge in [0.2, 0.25) is 5.95 Å². The Balaban J connectivity index is 1.53. The summed E-state index contributed by atoms with van der Waals surface area (Å²) in [5.74, 6) is 1.83. The van der Waals surface area contributed by atoms with Crippen molar-refractivity contribution in [2.24, 2.45) is 0 Å². The van der Waals surface area contributed by atoms with Crippen molar-refractivity contribution in [3.8, 4) is 28.7 Å². The molecule has 5 nitrogen and oxygen atoms in total. The Morgan fingerprint density at radius 3 is 1.66 bits per heavy atom. The summed E-state index contributed by atoms with van der Waals surface area (Å²) in [6.07, 6.45) is 9.86. The maximum absolute atomic E-state index is 5.14. The van der Waals surface area contributed by atoms with E-state index in [0.29, 0.717) is 17.6 Å². The molecule has 8 aromatic rings. The van der Waals surface area contributed by atoms with Crippen molar-refractivity contribution in [3.05, 3.63) is 152 Å².